The quantitative estimate of drug-likeness (QED) is 0.395. The Kier molecular flexibility index (Phi) is 9.34. The number of hydrogen-bond donors (Lipinski definition) is 2. The first-order valence-electron chi connectivity index (χ1n) is 1.19. The fourth-order valence-electron chi connectivity index (χ4n) is 0. The molecule has 0 heterocycles. The van der Waals surface area contributed by atoms with Gasteiger partial charge in [-0.05, 0) is 0 Å². The molecule has 0 aliphatic carbocycles. The van der Waals surface area contributed by atoms with E-state index in [-0.39, 0.29) is 44.3 Å². The maximum atomic E-state index is 9.24. The number of nitrogens with two attached hydrogens (primary N) is 1. The van der Waals surface area contributed by atoms with Gasteiger partial charge < -0.3 is 10.8 Å². The van der Waals surface area contributed by atoms with Crippen molar-refractivity contribution in [1.82, 2.24) is 0 Å². The standard InChI is InChI=1S/C2H5NO2.Ca.2H/c3-1-2(4)5;;;/h1,3H2,(H,4,5);;;. The summed E-state index contributed by atoms with van der Waals surface area (Å²) >= 11 is 0. The van der Waals surface area contributed by atoms with E-state index in [9.17, 15) is 4.79 Å². The first kappa shape index (κ1) is 9.85. The van der Waals surface area contributed by atoms with Gasteiger partial charge in [-0.1, -0.05) is 0 Å². The van der Waals surface area contributed by atoms with E-state index in [1.54, 1.807) is 0 Å². The zero-order valence-electron chi connectivity index (χ0n) is 2.64. The maximum absolute atomic E-state index is 9.24. The normalized spacial score (nSPS) is 6.17. The third-order valence-electron chi connectivity index (χ3n) is 0.175. The fourth-order valence-corrected chi connectivity index (χ4v) is 0. The van der Waals surface area contributed by atoms with Crippen molar-refractivity contribution >= 4 is 43.7 Å². The zero-order valence-corrected chi connectivity index (χ0v) is 2.64. The van der Waals surface area contributed by atoms with E-state index in [0.29, 0.717) is 0 Å². The molecule has 0 bridgehead atoms. The van der Waals surface area contributed by atoms with E-state index in [1.165, 1.54) is 0 Å². The van der Waals surface area contributed by atoms with Crippen LogP contribution in [-0.4, -0.2) is 55.4 Å². The molecule has 0 fully saturated rings. The first-order chi connectivity index (χ1) is 2.27. The molecule has 0 aromatic carbocycles. The van der Waals surface area contributed by atoms with Gasteiger partial charge in [0.1, 0.15) is 0 Å². The molecule has 0 rings (SSSR count). The number of carbonyl (C=O) groups is 1. The SMILES string of the molecule is NCC(=O)O.[CaH2]. The molecule has 34 valence electrons. The molecule has 0 aromatic heterocycles. The summed E-state index contributed by atoms with van der Waals surface area (Å²) in [6, 6.07) is 0. The number of carboxylic acids is 1. The second-order valence-corrected chi connectivity index (χ2v) is 0.598. The van der Waals surface area contributed by atoms with E-state index in [1.807, 2.05) is 0 Å². The van der Waals surface area contributed by atoms with Crippen molar-refractivity contribution in [2.75, 3.05) is 6.54 Å². The summed E-state index contributed by atoms with van der Waals surface area (Å²) in [5, 5.41) is 7.60. The van der Waals surface area contributed by atoms with Gasteiger partial charge in [0, 0.05) is 0 Å². The summed E-state index contributed by atoms with van der Waals surface area (Å²) in [5.74, 6) is -0.968. The van der Waals surface area contributed by atoms with Crippen LogP contribution in [0.1, 0.15) is 0 Å². The summed E-state index contributed by atoms with van der Waals surface area (Å²) in [6.45, 7) is -0.278. The molecule has 0 unspecified atom stereocenters. The Morgan fingerprint density at radius 1 is 1.83 bits per heavy atom. The van der Waals surface area contributed by atoms with Gasteiger partial charge in [0.05, 0.1) is 6.54 Å². The number of rotatable bonds is 1. The predicted octanol–water partition coefficient (Wildman–Crippen LogP) is -1.89. The Hall–Kier alpha value is 0.690. The molecule has 0 aliphatic rings. The summed E-state index contributed by atoms with van der Waals surface area (Å²) in [6.07, 6.45) is 0. The number of hydrogen-bond acceptors (Lipinski definition) is 2. The topological polar surface area (TPSA) is 63.3 Å². The van der Waals surface area contributed by atoms with Gasteiger partial charge in [-0.25, -0.2) is 0 Å². The molecule has 0 saturated carbocycles. The van der Waals surface area contributed by atoms with Crippen molar-refractivity contribution < 1.29 is 9.90 Å². The van der Waals surface area contributed by atoms with E-state index in [4.69, 9.17) is 5.11 Å². The van der Waals surface area contributed by atoms with Crippen molar-refractivity contribution in [1.29, 1.82) is 0 Å². The zero-order chi connectivity index (χ0) is 4.28. The average molecular weight is 117 g/mol. The Morgan fingerprint density at radius 2 is 2.00 bits per heavy atom. The van der Waals surface area contributed by atoms with E-state index < -0.39 is 5.97 Å². The second kappa shape index (κ2) is 5.69. The molecule has 0 aromatic rings. The molecule has 3 nitrogen and oxygen atoms in total. The van der Waals surface area contributed by atoms with Gasteiger partial charge in [0.15, 0.2) is 0 Å². The Balaban J connectivity index is 0. The molecule has 6 heavy (non-hydrogen) atoms. The van der Waals surface area contributed by atoms with Gasteiger partial charge >= 0.3 is 43.7 Å². The monoisotopic (exact) mass is 117 g/mol. The summed E-state index contributed by atoms with van der Waals surface area (Å²) in [4.78, 5) is 9.24. The van der Waals surface area contributed by atoms with E-state index >= 15 is 0 Å². The molecule has 3 N–H and O–H groups in total. The average Bonchev–Trinajstić information content (AvgIpc) is 1.38. The molecule has 0 amide bonds. The molecular weight excluding hydrogens is 110 g/mol. The molecular formula is C2H7CaNO2. The van der Waals surface area contributed by atoms with Crippen molar-refractivity contribution in [3.05, 3.63) is 0 Å². The van der Waals surface area contributed by atoms with Crippen LogP contribution in [0.3, 0.4) is 0 Å². The van der Waals surface area contributed by atoms with Crippen LogP contribution in [0.2, 0.25) is 0 Å². The van der Waals surface area contributed by atoms with E-state index in [0.717, 1.165) is 0 Å². The Labute approximate surface area is 65.5 Å². The molecule has 0 radical (unpaired) electrons. The van der Waals surface area contributed by atoms with Crippen LogP contribution < -0.4 is 5.73 Å². The fraction of sp³-hybridized carbons (Fsp3) is 0.500. The summed E-state index contributed by atoms with van der Waals surface area (Å²) < 4.78 is 0. The molecule has 4 heteroatoms. The van der Waals surface area contributed by atoms with Crippen molar-refractivity contribution in [3.8, 4) is 0 Å². The third kappa shape index (κ3) is 8.83. The Bertz CT molecular complexity index is 46.8. The van der Waals surface area contributed by atoms with Crippen LogP contribution in [0, 0.1) is 0 Å². The van der Waals surface area contributed by atoms with Crippen molar-refractivity contribution in [3.63, 3.8) is 0 Å². The van der Waals surface area contributed by atoms with Crippen LogP contribution in [0.15, 0.2) is 0 Å². The molecule has 0 aliphatic heterocycles. The minimum absolute atomic E-state index is 0. The van der Waals surface area contributed by atoms with E-state index in [2.05, 4.69) is 5.73 Å². The van der Waals surface area contributed by atoms with Crippen LogP contribution in [-0.2, 0) is 4.79 Å². The van der Waals surface area contributed by atoms with Gasteiger partial charge in [0.2, 0.25) is 0 Å². The summed E-state index contributed by atoms with van der Waals surface area (Å²) in [5.41, 5.74) is 4.57. The Morgan fingerprint density at radius 3 is 2.00 bits per heavy atom. The van der Waals surface area contributed by atoms with Crippen LogP contribution in [0.5, 0.6) is 0 Å². The minimum atomic E-state index is -0.968. The number of aliphatic carboxylic acids is 1. The summed E-state index contributed by atoms with van der Waals surface area (Å²) in [7, 11) is 0. The van der Waals surface area contributed by atoms with Crippen molar-refractivity contribution in [2.24, 2.45) is 5.73 Å². The third-order valence-corrected chi connectivity index (χ3v) is 0.175. The van der Waals surface area contributed by atoms with Crippen LogP contribution >= 0.6 is 0 Å². The molecule has 0 saturated heterocycles. The molecule has 0 spiro atoms. The second-order valence-electron chi connectivity index (χ2n) is 0.598. The van der Waals surface area contributed by atoms with Crippen LogP contribution in [0.4, 0.5) is 0 Å². The number of carboxylic acid groups (broad SMARTS) is 1. The predicted molar refractivity (Wildman–Crippen MR) is 25.2 cm³/mol. The van der Waals surface area contributed by atoms with Gasteiger partial charge in [0.25, 0.3) is 0 Å². The van der Waals surface area contributed by atoms with Gasteiger partial charge in [-0.15, -0.1) is 0 Å². The first-order valence-corrected chi connectivity index (χ1v) is 1.19. The van der Waals surface area contributed by atoms with Gasteiger partial charge in [-0.2, -0.15) is 0 Å². The molecule has 0 atom stereocenters. The van der Waals surface area contributed by atoms with Crippen LogP contribution in [0.25, 0.3) is 0 Å². The van der Waals surface area contributed by atoms with Gasteiger partial charge in [-0.3, -0.25) is 4.79 Å². The van der Waals surface area contributed by atoms with Crippen molar-refractivity contribution in [2.45, 2.75) is 0 Å².